The van der Waals surface area contributed by atoms with E-state index in [9.17, 15) is 9.00 Å². The smallest absolute Gasteiger partial charge is 0.150 e. The Labute approximate surface area is 119 Å². The molecule has 0 N–H and O–H groups in total. The van der Waals surface area contributed by atoms with Gasteiger partial charge < -0.3 is 0 Å². The molecule has 2 aromatic rings. The Morgan fingerprint density at radius 2 is 1.79 bits per heavy atom. The average Bonchev–Trinajstić information content (AvgIpc) is 2.39. The fourth-order valence-corrected chi connectivity index (χ4v) is 3.02. The minimum atomic E-state index is -1.33. The summed E-state index contributed by atoms with van der Waals surface area (Å²) >= 11 is 5.84. The molecule has 0 amide bonds. The molecular formula is C15H13ClO2S. The number of benzene rings is 2. The van der Waals surface area contributed by atoms with E-state index < -0.39 is 10.8 Å². The Morgan fingerprint density at radius 3 is 2.47 bits per heavy atom. The summed E-state index contributed by atoms with van der Waals surface area (Å²) in [5.41, 5.74) is 0.940. The van der Waals surface area contributed by atoms with E-state index in [4.69, 9.17) is 11.6 Å². The van der Waals surface area contributed by atoms with Crippen LogP contribution in [0, 0.1) is 0 Å². The Morgan fingerprint density at radius 1 is 1.05 bits per heavy atom. The zero-order valence-electron chi connectivity index (χ0n) is 10.2. The van der Waals surface area contributed by atoms with Crippen molar-refractivity contribution in [1.82, 2.24) is 0 Å². The molecule has 0 saturated heterocycles. The van der Waals surface area contributed by atoms with Crippen LogP contribution in [0.25, 0.3) is 0 Å². The minimum absolute atomic E-state index is 0.0231. The van der Waals surface area contributed by atoms with E-state index in [1.807, 2.05) is 30.3 Å². The fourth-order valence-electron chi connectivity index (χ4n) is 1.71. The van der Waals surface area contributed by atoms with Crippen LogP contribution in [0.2, 0.25) is 5.02 Å². The molecule has 0 aliphatic heterocycles. The van der Waals surface area contributed by atoms with E-state index in [1.165, 1.54) is 0 Å². The lowest BCUT2D eigenvalue weighted by Gasteiger charge is -2.03. The zero-order chi connectivity index (χ0) is 13.7. The Hall–Kier alpha value is -1.45. The van der Waals surface area contributed by atoms with Gasteiger partial charge in [-0.15, -0.1) is 0 Å². The van der Waals surface area contributed by atoms with Gasteiger partial charge in [0.15, 0.2) is 0 Å². The van der Waals surface area contributed by atoms with E-state index >= 15 is 0 Å². The second-order valence-corrected chi connectivity index (χ2v) is 6.04. The molecular weight excluding hydrogens is 280 g/mol. The molecule has 1 unspecified atom stereocenters. The molecule has 0 spiro atoms. The summed E-state index contributed by atoms with van der Waals surface area (Å²) in [6, 6.07) is 16.3. The van der Waals surface area contributed by atoms with Crippen LogP contribution in [-0.4, -0.2) is 15.7 Å². The predicted octanol–water partition coefficient (Wildman–Crippen LogP) is 3.26. The number of hydrogen-bond donors (Lipinski definition) is 0. The van der Waals surface area contributed by atoms with Crippen LogP contribution < -0.4 is 0 Å². The van der Waals surface area contributed by atoms with Gasteiger partial charge in [0.05, 0.1) is 16.6 Å². The second kappa shape index (κ2) is 6.64. The topological polar surface area (TPSA) is 34.1 Å². The first kappa shape index (κ1) is 14.0. The lowest BCUT2D eigenvalue weighted by molar-refractivity contribution is -0.116. The van der Waals surface area contributed by atoms with E-state index in [0.717, 1.165) is 5.56 Å². The van der Waals surface area contributed by atoms with Crippen LogP contribution >= 0.6 is 11.6 Å². The number of ketones is 1. The van der Waals surface area contributed by atoms with Gasteiger partial charge in [0.1, 0.15) is 5.78 Å². The third-order valence-corrected chi connectivity index (χ3v) is 4.19. The Balaban J connectivity index is 1.98. The molecule has 0 aliphatic carbocycles. The monoisotopic (exact) mass is 292 g/mol. The number of rotatable bonds is 5. The normalized spacial score (nSPS) is 12.1. The SMILES string of the molecule is O=C(Cc1ccccc1)CS(=O)c1cccc(Cl)c1. The predicted molar refractivity (Wildman–Crippen MR) is 77.9 cm³/mol. The number of Topliss-reactive ketones (excluding diaryl/α,β-unsaturated/α-hetero) is 1. The van der Waals surface area contributed by atoms with Crippen LogP contribution in [-0.2, 0) is 22.0 Å². The first-order valence-corrected chi connectivity index (χ1v) is 7.54. The van der Waals surface area contributed by atoms with E-state index in [0.29, 0.717) is 16.3 Å². The number of hydrogen-bond acceptors (Lipinski definition) is 2. The molecule has 2 rings (SSSR count). The van der Waals surface area contributed by atoms with Crippen LogP contribution in [0.4, 0.5) is 0 Å². The summed E-state index contributed by atoms with van der Waals surface area (Å²) in [4.78, 5) is 12.4. The van der Waals surface area contributed by atoms with Gasteiger partial charge in [0.2, 0.25) is 0 Å². The summed E-state index contributed by atoms with van der Waals surface area (Å²) in [5.74, 6) is -0.0144. The van der Waals surface area contributed by atoms with Crippen molar-refractivity contribution in [1.29, 1.82) is 0 Å². The molecule has 0 bridgehead atoms. The molecule has 0 fully saturated rings. The largest absolute Gasteiger partial charge is 0.298 e. The second-order valence-electron chi connectivity index (χ2n) is 4.15. The number of carbonyl (C=O) groups is 1. The van der Waals surface area contributed by atoms with Crippen molar-refractivity contribution in [3.63, 3.8) is 0 Å². The highest BCUT2D eigenvalue weighted by Crippen LogP contribution is 2.14. The van der Waals surface area contributed by atoms with Crippen LogP contribution in [0.15, 0.2) is 59.5 Å². The zero-order valence-corrected chi connectivity index (χ0v) is 11.8. The van der Waals surface area contributed by atoms with Gasteiger partial charge in [-0.2, -0.15) is 0 Å². The van der Waals surface area contributed by atoms with Crippen molar-refractivity contribution in [2.45, 2.75) is 11.3 Å². The molecule has 1 atom stereocenters. The molecule has 98 valence electrons. The highest BCUT2D eigenvalue weighted by atomic mass is 35.5. The van der Waals surface area contributed by atoms with Gasteiger partial charge in [-0.1, -0.05) is 48.0 Å². The number of carbonyl (C=O) groups excluding carboxylic acids is 1. The summed E-state index contributed by atoms with van der Waals surface area (Å²) < 4.78 is 12.0. The summed E-state index contributed by atoms with van der Waals surface area (Å²) in [5, 5.41) is 0.529. The maximum Gasteiger partial charge on any atom is 0.150 e. The lowest BCUT2D eigenvalue weighted by Crippen LogP contribution is -2.13. The molecule has 4 heteroatoms. The summed E-state index contributed by atoms with van der Waals surface area (Å²) in [6.07, 6.45) is 0.313. The average molecular weight is 293 g/mol. The van der Waals surface area contributed by atoms with Crippen LogP contribution in [0.5, 0.6) is 0 Å². The molecule has 0 heterocycles. The quantitative estimate of drug-likeness (QED) is 0.848. The van der Waals surface area contributed by atoms with Crippen molar-refractivity contribution < 1.29 is 9.00 Å². The highest BCUT2D eigenvalue weighted by Gasteiger charge is 2.11. The van der Waals surface area contributed by atoms with E-state index in [1.54, 1.807) is 24.3 Å². The molecule has 2 aromatic carbocycles. The standard InChI is InChI=1S/C15H13ClO2S/c16-13-7-4-8-15(10-13)19(18)11-14(17)9-12-5-2-1-3-6-12/h1-8,10H,9,11H2. The fraction of sp³-hybridized carbons (Fsp3) is 0.133. The third-order valence-electron chi connectivity index (χ3n) is 2.60. The molecule has 0 saturated carbocycles. The summed E-state index contributed by atoms with van der Waals surface area (Å²) in [7, 11) is -1.33. The van der Waals surface area contributed by atoms with E-state index in [-0.39, 0.29) is 11.5 Å². The summed E-state index contributed by atoms with van der Waals surface area (Å²) in [6.45, 7) is 0. The van der Waals surface area contributed by atoms with E-state index in [2.05, 4.69) is 0 Å². The first-order valence-electron chi connectivity index (χ1n) is 5.85. The van der Waals surface area contributed by atoms with Gasteiger partial charge in [0, 0.05) is 16.3 Å². The van der Waals surface area contributed by atoms with Gasteiger partial charge >= 0.3 is 0 Å². The van der Waals surface area contributed by atoms with Crippen molar-refractivity contribution in [2.75, 3.05) is 5.75 Å². The Kier molecular flexibility index (Phi) is 4.88. The maximum absolute atomic E-state index is 12.0. The molecule has 0 aromatic heterocycles. The highest BCUT2D eigenvalue weighted by molar-refractivity contribution is 7.85. The minimum Gasteiger partial charge on any atom is -0.298 e. The Bertz CT molecular complexity index is 596. The van der Waals surface area contributed by atoms with Crippen LogP contribution in [0.3, 0.4) is 0 Å². The first-order chi connectivity index (χ1) is 9.15. The van der Waals surface area contributed by atoms with Gasteiger partial charge in [0.25, 0.3) is 0 Å². The van der Waals surface area contributed by atoms with Gasteiger partial charge in [-0.05, 0) is 23.8 Å². The molecule has 2 nitrogen and oxygen atoms in total. The van der Waals surface area contributed by atoms with Crippen LogP contribution in [0.1, 0.15) is 5.56 Å². The lowest BCUT2D eigenvalue weighted by atomic mass is 10.1. The van der Waals surface area contributed by atoms with Crippen molar-refractivity contribution in [2.24, 2.45) is 0 Å². The molecule has 0 radical (unpaired) electrons. The third kappa shape index (κ3) is 4.30. The van der Waals surface area contributed by atoms with Crippen molar-refractivity contribution >= 4 is 28.2 Å². The number of halogens is 1. The molecule has 19 heavy (non-hydrogen) atoms. The molecule has 0 aliphatic rings. The maximum atomic E-state index is 12.0. The van der Waals surface area contributed by atoms with Gasteiger partial charge in [-0.3, -0.25) is 9.00 Å². The van der Waals surface area contributed by atoms with Crippen molar-refractivity contribution in [3.05, 3.63) is 65.2 Å². The van der Waals surface area contributed by atoms with Gasteiger partial charge in [-0.25, -0.2) is 0 Å². The van der Waals surface area contributed by atoms with Crippen molar-refractivity contribution in [3.8, 4) is 0 Å².